The SMILES string of the molecule is CCCNCc1ccccc1N(C)CCS(C)(=O)=O. The van der Waals surface area contributed by atoms with Crippen LogP contribution in [-0.2, 0) is 16.4 Å². The molecule has 0 aliphatic rings. The maximum atomic E-state index is 11.2. The first kappa shape index (κ1) is 16.0. The Hall–Kier alpha value is -1.07. The molecule has 1 aromatic carbocycles. The predicted octanol–water partition coefficient (Wildman–Crippen LogP) is 1.67. The van der Waals surface area contributed by atoms with Gasteiger partial charge in [-0.25, -0.2) is 8.42 Å². The average Bonchev–Trinajstić information content (AvgIpc) is 2.36. The summed E-state index contributed by atoms with van der Waals surface area (Å²) in [4.78, 5) is 2.00. The molecule has 0 fully saturated rings. The normalized spacial score (nSPS) is 11.5. The third-order valence-corrected chi connectivity index (χ3v) is 3.87. The highest BCUT2D eigenvalue weighted by atomic mass is 32.2. The number of sulfone groups is 1. The molecule has 0 aliphatic heterocycles. The van der Waals surface area contributed by atoms with Crippen molar-refractivity contribution in [2.45, 2.75) is 19.9 Å². The van der Waals surface area contributed by atoms with Gasteiger partial charge >= 0.3 is 0 Å². The minimum atomic E-state index is -2.92. The first-order valence-electron chi connectivity index (χ1n) is 6.61. The highest BCUT2D eigenvalue weighted by Gasteiger charge is 2.09. The highest BCUT2D eigenvalue weighted by molar-refractivity contribution is 7.90. The van der Waals surface area contributed by atoms with Gasteiger partial charge in [0.1, 0.15) is 9.84 Å². The summed E-state index contributed by atoms with van der Waals surface area (Å²) in [5.74, 6) is 0.181. The van der Waals surface area contributed by atoms with E-state index in [0.717, 1.165) is 25.2 Å². The molecule has 1 aromatic rings. The molecule has 0 aliphatic carbocycles. The Labute approximate surface area is 116 Å². The van der Waals surface area contributed by atoms with Gasteiger partial charge in [0.25, 0.3) is 0 Å². The fourth-order valence-electron chi connectivity index (χ4n) is 1.86. The molecular formula is C14H24N2O2S. The molecule has 19 heavy (non-hydrogen) atoms. The third-order valence-electron chi connectivity index (χ3n) is 2.94. The van der Waals surface area contributed by atoms with E-state index in [9.17, 15) is 8.42 Å². The molecule has 5 heteroatoms. The summed E-state index contributed by atoms with van der Waals surface area (Å²) in [5.41, 5.74) is 2.29. The molecule has 0 heterocycles. The summed E-state index contributed by atoms with van der Waals surface area (Å²) in [6.07, 6.45) is 2.38. The van der Waals surface area contributed by atoms with Gasteiger partial charge in [0.2, 0.25) is 0 Å². The predicted molar refractivity (Wildman–Crippen MR) is 81.4 cm³/mol. The molecule has 0 saturated heterocycles. The van der Waals surface area contributed by atoms with Gasteiger partial charge in [0.05, 0.1) is 5.75 Å². The lowest BCUT2D eigenvalue weighted by molar-refractivity contribution is 0.601. The Morgan fingerprint density at radius 1 is 1.26 bits per heavy atom. The van der Waals surface area contributed by atoms with E-state index in [0.29, 0.717) is 6.54 Å². The molecule has 4 nitrogen and oxygen atoms in total. The van der Waals surface area contributed by atoms with E-state index in [1.165, 1.54) is 11.8 Å². The number of nitrogens with zero attached hydrogens (tertiary/aromatic N) is 1. The maximum absolute atomic E-state index is 11.2. The van der Waals surface area contributed by atoms with Crippen LogP contribution in [0.2, 0.25) is 0 Å². The van der Waals surface area contributed by atoms with Crippen molar-refractivity contribution in [3.05, 3.63) is 29.8 Å². The van der Waals surface area contributed by atoms with Crippen molar-refractivity contribution in [3.63, 3.8) is 0 Å². The molecule has 0 saturated carbocycles. The standard InChI is InChI=1S/C14H24N2O2S/c1-4-9-15-12-13-7-5-6-8-14(13)16(2)10-11-19(3,17)18/h5-8,15H,4,9-12H2,1-3H3. The number of rotatable bonds is 8. The summed E-state index contributed by atoms with van der Waals surface area (Å²) in [5, 5.41) is 3.37. The second kappa shape index (κ2) is 7.50. The lowest BCUT2D eigenvalue weighted by Crippen LogP contribution is -2.26. The van der Waals surface area contributed by atoms with Gasteiger partial charge < -0.3 is 10.2 Å². The van der Waals surface area contributed by atoms with E-state index in [4.69, 9.17) is 0 Å². The molecule has 1 rings (SSSR count). The first-order chi connectivity index (χ1) is 8.94. The Morgan fingerprint density at radius 2 is 1.95 bits per heavy atom. The Kier molecular flexibility index (Phi) is 6.31. The number of hydrogen-bond donors (Lipinski definition) is 1. The summed E-state index contributed by atoms with van der Waals surface area (Å²) in [6, 6.07) is 8.10. The van der Waals surface area contributed by atoms with Crippen LogP contribution in [0.5, 0.6) is 0 Å². The second-order valence-corrected chi connectivity index (χ2v) is 7.12. The van der Waals surface area contributed by atoms with Crippen LogP contribution < -0.4 is 10.2 Å². The van der Waals surface area contributed by atoms with Crippen molar-refractivity contribution in [3.8, 4) is 0 Å². The summed E-state index contributed by atoms with van der Waals surface area (Å²) >= 11 is 0. The first-order valence-corrected chi connectivity index (χ1v) is 8.67. The van der Waals surface area contributed by atoms with Crippen LogP contribution in [0.15, 0.2) is 24.3 Å². The minimum absolute atomic E-state index is 0.181. The van der Waals surface area contributed by atoms with Crippen molar-refractivity contribution in [2.24, 2.45) is 0 Å². The van der Waals surface area contributed by atoms with Crippen LogP contribution in [0.25, 0.3) is 0 Å². The fourth-order valence-corrected chi connectivity index (χ4v) is 2.46. The van der Waals surface area contributed by atoms with Crippen LogP contribution in [0, 0.1) is 0 Å². The highest BCUT2D eigenvalue weighted by Crippen LogP contribution is 2.18. The molecule has 0 unspecified atom stereocenters. The maximum Gasteiger partial charge on any atom is 0.149 e. The third kappa shape index (κ3) is 6.07. The number of para-hydroxylation sites is 1. The van der Waals surface area contributed by atoms with Gasteiger partial charge in [0.15, 0.2) is 0 Å². The molecule has 0 spiro atoms. The molecule has 0 atom stereocenters. The van der Waals surface area contributed by atoms with E-state index in [-0.39, 0.29) is 5.75 Å². The van der Waals surface area contributed by atoms with Crippen LogP contribution in [-0.4, -0.2) is 40.6 Å². The van der Waals surface area contributed by atoms with Crippen molar-refractivity contribution in [1.82, 2.24) is 5.32 Å². The molecular weight excluding hydrogens is 260 g/mol. The van der Waals surface area contributed by atoms with Gasteiger partial charge in [0, 0.05) is 32.1 Å². The van der Waals surface area contributed by atoms with Crippen molar-refractivity contribution < 1.29 is 8.42 Å². The molecule has 108 valence electrons. The van der Waals surface area contributed by atoms with Crippen LogP contribution >= 0.6 is 0 Å². The zero-order valence-corrected chi connectivity index (χ0v) is 12.8. The van der Waals surface area contributed by atoms with E-state index in [1.807, 2.05) is 30.1 Å². The number of benzene rings is 1. The molecule has 0 bridgehead atoms. The van der Waals surface area contributed by atoms with Gasteiger partial charge in [-0.05, 0) is 24.6 Å². The van der Waals surface area contributed by atoms with Crippen molar-refractivity contribution in [2.75, 3.05) is 37.0 Å². The Morgan fingerprint density at radius 3 is 2.58 bits per heavy atom. The summed E-state index contributed by atoms with van der Waals surface area (Å²) in [6.45, 7) is 4.45. The van der Waals surface area contributed by atoms with E-state index < -0.39 is 9.84 Å². The van der Waals surface area contributed by atoms with E-state index in [1.54, 1.807) is 0 Å². The van der Waals surface area contributed by atoms with Gasteiger partial charge in [-0.1, -0.05) is 25.1 Å². The monoisotopic (exact) mass is 284 g/mol. The molecule has 0 radical (unpaired) electrons. The topological polar surface area (TPSA) is 49.4 Å². The zero-order valence-electron chi connectivity index (χ0n) is 12.0. The Bertz CT molecular complexity index is 486. The molecule has 1 N–H and O–H groups in total. The minimum Gasteiger partial charge on any atom is -0.373 e. The number of nitrogens with one attached hydrogen (secondary N) is 1. The van der Waals surface area contributed by atoms with Gasteiger partial charge in [-0.3, -0.25) is 0 Å². The molecule has 0 amide bonds. The number of anilines is 1. The fraction of sp³-hybridized carbons (Fsp3) is 0.571. The largest absolute Gasteiger partial charge is 0.373 e. The van der Waals surface area contributed by atoms with Crippen molar-refractivity contribution in [1.29, 1.82) is 0 Å². The van der Waals surface area contributed by atoms with Crippen molar-refractivity contribution >= 4 is 15.5 Å². The zero-order chi connectivity index (χ0) is 14.3. The van der Waals surface area contributed by atoms with E-state index in [2.05, 4.69) is 18.3 Å². The van der Waals surface area contributed by atoms with Gasteiger partial charge in [-0.2, -0.15) is 0 Å². The smallest absolute Gasteiger partial charge is 0.149 e. The lowest BCUT2D eigenvalue weighted by atomic mass is 10.1. The average molecular weight is 284 g/mol. The summed E-state index contributed by atoms with van der Waals surface area (Å²) < 4.78 is 22.4. The quantitative estimate of drug-likeness (QED) is 0.738. The summed E-state index contributed by atoms with van der Waals surface area (Å²) in [7, 11) is -0.984. The van der Waals surface area contributed by atoms with Gasteiger partial charge in [-0.15, -0.1) is 0 Å². The van der Waals surface area contributed by atoms with Crippen LogP contribution in [0.3, 0.4) is 0 Å². The Balaban J connectivity index is 2.70. The second-order valence-electron chi connectivity index (χ2n) is 4.86. The van der Waals surface area contributed by atoms with Crippen LogP contribution in [0.1, 0.15) is 18.9 Å². The molecule has 0 aromatic heterocycles. The lowest BCUT2D eigenvalue weighted by Gasteiger charge is -2.22. The van der Waals surface area contributed by atoms with E-state index >= 15 is 0 Å². The number of hydrogen-bond acceptors (Lipinski definition) is 4. The van der Waals surface area contributed by atoms with Crippen LogP contribution in [0.4, 0.5) is 5.69 Å².